The van der Waals surface area contributed by atoms with Crippen LogP contribution < -0.4 is 5.32 Å². The van der Waals surface area contributed by atoms with Crippen LogP contribution in [0.4, 0.5) is 5.69 Å². The first kappa shape index (κ1) is 17.8. The van der Waals surface area contributed by atoms with Crippen LogP contribution in [0.2, 0.25) is 0 Å². The number of nitrogens with one attached hydrogen (secondary N) is 1. The van der Waals surface area contributed by atoms with E-state index in [4.69, 9.17) is 5.11 Å². The molecule has 8 nitrogen and oxygen atoms in total. The number of carbonyl (C=O) groups excluding carboxylic acids is 1. The monoisotopic (exact) mass is 377 g/mol. The molecule has 142 valence electrons. The maximum atomic E-state index is 12.9. The van der Waals surface area contributed by atoms with E-state index in [0.717, 1.165) is 29.9 Å². The van der Waals surface area contributed by atoms with Gasteiger partial charge >= 0.3 is 5.97 Å². The maximum Gasteiger partial charge on any atom is 0.356 e. The minimum atomic E-state index is -1.10. The van der Waals surface area contributed by atoms with Crippen LogP contribution in [-0.4, -0.2) is 36.7 Å². The molecule has 0 saturated heterocycles. The quantitative estimate of drug-likeness (QED) is 0.722. The zero-order chi connectivity index (χ0) is 19.7. The Morgan fingerprint density at radius 3 is 2.86 bits per heavy atom. The molecule has 1 aromatic carbocycles. The lowest BCUT2D eigenvalue weighted by Crippen LogP contribution is -2.29. The van der Waals surface area contributed by atoms with Crippen molar-refractivity contribution in [1.29, 1.82) is 0 Å². The summed E-state index contributed by atoms with van der Waals surface area (Å²) in [6, 6.07) is 8.60. The van der Waals surface area contributed by atoms with Crippen LogP contribution in [0.5, 0.6) is 0 Å². The third-order valence-corrected chi connectivity index (χ3v) is 4.86. The number of carboxylic acid groups (broad SMARTS) is 1. The number of amides is 1. The van der Waals surface area contributed by atoms with Gasteiger partial charge in [0.1, 0.15) is 5.82 Å². The highest BCUT2D eigenvalue weighted by atomic mass is 16.4. The molecule has 0 spiro atoms. The first-order valence-electron chi connectivity index (χ1n) is 9.02. The van der Waals surface area contributed by atoms with E-state index >= 15 is 0 Å². The molecular weight excluding hydrogens is 358 g/mol. The molecule has 2 N–H and O–H groups in total. The van der Waals surface area contributed by atoms with E-state index < -0.39 is 5.97 Å². The summed E-state index contributed by atoms with van der Waals surface area (Å²) in [6.07, 6.45) is 5.45. The largest absolute Gasteiger partial charge is 0.476 e. The van der Waals surface area contributed by atoms with Gasteiger partial charge in [-0.05, 0) is 49.9 Å². The van der Waals surface area contributed by atoms with Gasteiger partial charge in [0.2, 0.25) is 5.91 Å². The van der Waals surface area contributed by atoms with Gasteiger partial charge in [0.05, 0.1) is 11.4 Å². The van der Waals surface area contributed by atoms with E-state index in [9.17, 15) is 9.59 Å². The van der Waals surface area contributed by atoms with Crippen molar-refractivity contribution in [2.75, 3.05) is 5.32 Å². The Morgan fingerprint density at radius 2 is 2.07 bits per heavy atom. The minimum Gasteiger partial charge on any atom is -0.476 e. The standard InChI is InChI=1S/C20H19N5O3/c1-12-21-11-14-10-13(6-7-15(14)22-12)19(26)23-16-4-2-3-5-18(16)25-9-8-17(24-25)20(27)28/h2-5,8-9,11,13H,6-7,10H2,1H3,(H,23,26)(H,27,28). The topological polar surface area (TPSA) is 110 Å². The van der Waals surface area contributed by atoms with Crippen molar-refractivity contribution in [3.05, 3.63) is 65.5 Å². The SMILES string of the molecule is Cc1ncc2c(n1)CCC(C(=O)Nc1ccccc1-n1ccc(C(=O)O)n1)C2. The Morgan fingerprint density at radius 1 is 1.25 bits per heavy atom. The molecule has 1 aliphatic rings. The predicted octanol–water partition coefficient (Wildman–Crippen LogP) is 2.41. The molecule has 2 heterocycles. The lowest BCUT2D eigenvalue weighted by Gasteiger charge is -2.23. The van der Waals surface area contributed by atoms with Crippen molar-refractivity contribution < 1.29 is 14.7 Å². The van der Waals surface area contributed by atoms with Crippen LogP contribution in [0, 0.1) is 12.8 Å². The van der Waals surface area contributed by atoms with Gasteiger partial charge < -0.3 is 10.4 Å². The summed E-state index contributed by atoms with van der Waals surface area (Å²) in [7, 11) is 0. The van der Waals surface area contributed by atoms with E-state index in [1.54, 1.807) is 18.3 Å². The van der Waals surface area contributed by atoms with Gasteiger partial charge in [-0.1, -0.05) is 12.1 Å². The third-order valence-electron chi connectivity index (χ3n) is 4.86. The molecular formula is C20H19N5O3. The number of rotatable bonds is 4. The first-order valence-corrected chi connectivity index (χ1v) is 9.02. The Kier molecular flexibility index (Phi) is 4.60. The fourth-order valence-electron chi connectivity index (χ4n) is 3.42. The summed E-state index contributed by atoms with van der Waals surface area (Å²) in [4.78, 5) is 32.6. The van der Waals surface area contributed by atoms with Gasteiger partial charge in [0.25, 0.3) is 0 Å². The van der Waals surface area contributed by atoms with Gasteiger partial charge in [0.15, 0.2) is 5.69 Å². The van der Waals surface area contributed by atoms with E-state index in [1.165, 1.54) is 10.7 Å². The van der Waals surface area contributed by atoms with Crippen molar-refractivity contribution in [2.45, 2.75) is 26.2 Å². The highest BCUT2D eigenvalue weighted by Crippen LogP contribution is 2.26. The second-order valence-corrected chi connectivity index (χ2v) is 6.79. The summed E-state index contributed by atoms with van der Waals surface area (Å²) < 4.78 is 1.45. The highest BCUT2D eigenvalue weighted by Gasteiger charge is 2.26. The molecule has 0 radical (unpaired) electrons. The average Bonchev–Trinajstić information content (AvgIpc) is 3.18. The van der Waals surface area contributed by atoms with E-state index in [0.29, 0.717) is 17.8 Å². The fraction of sp³-hybridized carbons (Fsp3) is 0.250. The van der Waals surface area contributed by atoms with Crippen LogP contribution in [0.25, 0.3) is 5.69 Å². The molecule has 0 bridgehead atoms. The van der Waals surface area contributed by atoms with Crippen LogP contribution >= 0.6 is 0 Å². The number of hydrogen-bond acceptors (Lipinski definition) is 5. The molecule has 1 atom stereocenters. The number of hydrogen-bond donors (Lipinski definition) is 2. The zero-order valence-corrected chi connectivity index (χ0v) is 15.3. The molecule has 0 fully saturated rings. The minimum absolute atomic E-state index is 0.0553. The first-order chi connectivity index (χ1) is 13.5. The van der Waals surface area contributed by atoms with Crippen LogP contribution in [-0.2, 0) is 17.6 Å². The third kappa shape index (κ3) is 3.48. The van der Waals surface area contributed by atoms with Crippen molar-refractivity contribution >= 4 is 17.6 Å². The number of para-hydroxylation sites is 2. The summed E-state index contributed by atoms with van der Waals surface area (Å²) in [5.74, 6) is -0.600. The van der Waals surface area contributed by atoms with Crippen molar-refractivity contribution in [1.82, 2.24) is 19.7 Å². The molecule has 2 aromatic heterocycles. The molecule has 8 heteroatoms. The van der Waals surface area contributed by atoms with Crippen molar-refractivity contribution in [3.63, 3.8) is 0 Å². The van der Waals surface area contributed by atoms with E-state index in [2.05, 4.69) is 20.4 Å². The average molecular weight is 377 g/mol. The van der Waals surface area contributed by atoms with Crippen molar-refractivity contribution in [2.24, 2.45) is 5.92 Å². The number of benzene rings is 1. The Hall–Kier alpha value is -3.55. The van der Waals surface area contributed by atoms with E-state index in [1.807, 2.05) is 25.3 Å². The molecule has 1 amide bonds. The molecule has 1 unspecified atom stereocenters. The summed E-state index contributed by atoms with van der Waals surface area (Å²) >= 11 is 0. The van der Waals surface area contributed by atoms with Gasteiger partial charge in [0, 0.05) is 24.0 Å². The molecule has 0 saturated carbocycles. The number of aromatic carboxylic acids is 1. The second kappa shape index (κ2) is 7.22. The number of aromatic nitrogens is 4. The second-order valence-electron chi connectivity index (χ2n) is 6.79. The van der Waals surface area contributed by atoms with Gasteiger partial charge in [-0.15, -0.1) is 0 Å². The number of carbonyl (C=O) groups is 2. The van der Waals surface area contributed by atoms with Crippen LogP contribution in [0.15, 0.2) is 42.7 Å². The molecule has 3 aromatic rings. The van der Waals surface area contributed by atoms with Crippen molar-refractivity contribution in [3.8, 4) is 5.69 Å². The maximum absolute atomic E-state index is 12.9. The van der Waals surface area contributed by atoms with Crippen LogP contribution in [0.1, 0.15) is 34.0 Å². The summed E-state index contributed by atoms with van der Waals surface area (Å²) in [5.41, 5.74) is 3.18. The highest BCUT2D eigenvalue weighted by molar-refractivity contribution is 5.94. The molecule has 4 rings (SSSR count). The number of carboxylic acids is 1. The summed E-state index contributed by atoms with van der Waals surface area (Å²) in [6.45, 7) is 1.86. The lowest BCUT2D eigenvalue weighted by atomic mass is 9.86. The Balaban J connectivity index is 1.54. The number of aryl methyl sites for hydroxylation is 2. The Labute approximate surface area is 161 Å². The molecule has 1 aliphatic carbocycles. The Bertz CT molecular complexity index is 1060. The number of fused-ring (bicyclic) bond motifs is 1. The fourth-order valence-corrected chi connectivity index (χ4v) is 3.42. The predicted molar refractivity (Wildman–Crippen MR) is 101 cm³/mol. The molecule has 0 aliphatic heterocycles. The number of nitrogens with zero attached hydrogens (tertiary/aromatic N) is 4. The zero-order valence-electron chi connectivity index (χ0n) is 15.3. The van der Waals surface area contributed by atoms with E-state index in [-0.39, 0.29) is 17.5 Å². The molecule has 28 heavy (non-hydrogen) atoms. The van der Waals surface area contributed by atoms with Gasteiger partial charge in [-0.2, -0.15) is 5.10 Å². The summed E-state index contributed by atoms with van der Waals surface area (Å²) in [5, 5.41) is 16.1. The smallest absolute Gasteiger partial charge is 0.356 e. The normalized spacial score (nSPS) is 15.7. The van der Waals surface area contributed by atoms with Crippen LogP contribution in [0.3, 0.4) is 0 Å². The lowest BCUT2D eigenvalue weighted by molar-refractivity contribution is -0.120. The number of anilines is 1. The van der Waals surface area contributed by atoms with Gasteiger partial charge in [-0.3, -0.25) is 4.79 Å². The van der Waals surface area contributed by atoms with Gasteiger partial charge in [-0.25, -0.2) is 19.4 Å².